The van der Waals surface area contributed by atoms with E-state index in [1.807, 2.05) is 0 Å². The molecule has 17 heavy (non-hydrogen) atoms. The molecule has 0 amide bonds. The summed E-state index contributed by atoms with van der Waals surface area (Å²) in [4.78, 5) is 13.2. The van der Waals surface area contributed by atoms with Gasteiger partial charge < -0.3 is 10.2 Å². The van der Waals surface area contributed by atoms with E-state index >= 15 is 0 Å². The maximum Gasteiger partial charge on any atom is 0.419 e. The summed E-state index contributed by atoms with van der Waals surface area (Å²) in [5.74, 6) is -3.52. The van der Waals surface area contributed by atoms with Crippen LogP contribution >= 0.6 is 0 Å². The summed E-state index contributed by atoms with van der Waals surface area (Å²) in [5, 5.41) is 17.3. The fraction of sp³-hybridized carbons (Fsp3) is 0.250. The van der Waals surface area contributed by atoms with Crippen LogP contribution in [0, 0.1) is 0 Å². The average molecular weight is 257 g/mol. The molecule has 1 heterocycles. The Bertz CT molecular complexity index is 457. The van der Waals surface area contributed by atoms with Gasteiger partial charge in [0.2, 0.25) is 0 Å². The highest BCUT2D eigenvalue weighted by molar-refractivity contribution is 5.88. The monoisotopic (exact) mass is 257 g/mol. The van der Waals surface area contributed by atoms with Crippen LogP contribution in [0.3, 0.4) is 0 Å². The lowest BCUT2D eigenvalue weighted by Crippen LogP contribution is -2.18. The van der Waals surface area contributed by atoms with Crippen molar-refractivity contribution in [2.45, 2.75) is 12.6 Å². The van der Waals surface area contributed by atoms with Crippen molar-refractivity contribution in [1.29, 1.82) is 0 Å². The zero-order chi connectivity index (χ0) is 13.4. The van der Waals surface area contributed by atoms with E-state index in [2.05, 4.69) is 4.98 Å². The zero-order valence-corrected chi connectivity index (χ0v) is 7.79. The molecule has 0 saturated carbocycles. The first-order valence-corrected chi connectivity index (χ1v) is 3.96. The smallest absolute Gasteiger partial charge is 0.419 e. The number of rotatable bonds is 2. The minimum Gasteiger partial charge on any atom is -0.506 e. The van der Waals surface area contributed by atoms with Crippen LogP contribution in [0.4, 0.5) is 22.0 Å². The van der Waals surface area contributed by atoms with Crippen molar-refractivity contribution < 1.29 is 37.0 Å². The van der Waals surface area contributed by atoms with E-state index in [1.165, 1.54) is 0 Å². The third kappa shape index (κ3) is 2.43. The molecule has 0 spiro atoms. The normalized spacial score (nSPS) is 11.9. The molecule has 1 aromatic rings. The Morgan fingerprint density at radius 2 is 1.88 bits per heavy atom. The Kier molecular flexibility index (Phi) is 3.21. The van der Waals surface area contributed by atoms with Crippen LogP contribution in [0.2, 0.25) is 0 Å². The third-order valence-electron chi connectivity index (χ3n) is 1.80. The second kappa shape index (κ2) is 4.15. The van der Waals surface area contributed by atoms with Gasteiger partial charge in [0.1, 0.15) is 11.3 Å². The van der Waals surface area contributed by atoms with Crippen LogP contribution in [0.1, 0.15) is 28.0 Å². The fourth-order valence-corrected chi connectivity index (χ4v) is 1.19. The average Bonchev–Trinajstić information content (AvgIpc) is 2.14. The maximum absolute atomic E-state index is 12.5. The molecule has 0 aliphatic rings. The Balaban J connectivity index is 3.68. The van der Waals surface area contributed by atoms with E-state index in [9.17, 15) is 26.7 Å². The van der Waals surface area contributed by atoms with Gasteiger partial charge in [-0.15, -0.1) is 0 Å². The summed E-state index contributed by atoms with van der Waals surface area (Å²) >= 11 is 0. The predicted molar refractivity (Wildman–Crippen MR) is 42.8 cm³/mol. The molecule has 0 bridgehead atoms. The number of pyridine rings is 1. The number of hydrogen-bond donors (Lipinski definition) is 2. The fourth-order valence-electron chi connectivity index (χ4n) is 1.19. The number of alkyl halides is 5. The van der Waals surface area contributed by atoms with Gasteiger partial charge in [0.25, 0.3) is 6.43 Å². The first-order chi connectivity index (χ1) is 7.66. The third-order valence-corrected chi connectivity index (χ3v) is 1.80. The highest BCUT2D eigenvalue weighted by Crippen LogP contribution is 2.41. The summed E-state index contributed by atoms with van der Waals surface area (Å²) < 4.78 is 62.1. The first kappa shape index (κ1) is 13.1. The van der Waals surface area contributed by atoms with E-state index in [1.54, 1.807) is 0 Å². The molecule has 9 heteroatoms. The van der Waals surface area contributed by atoms with E-state index in [0.29, 0.717) is 0 Å². The van der Waals surface area contributed by atoms with Crippen molar-refractivity contribution in [2.24, 2.45) is 0 Å². The van der Waals surface area contributed by atoms with E-state index in [0.717, 1.165) is 0 Å². The van der Waals surface area contributed by atoms with E-state index in [4.69, 9.17) is 10.2 Å². The minimum absolute atomic E-state index is 0.236. The molecule has 0 fully saturated rings. The molecule has 0 unspecified atom stereocenters. The lowest BCUT2D eigenvalue weighted by atomic mass is 10.1. The van der Waals surface area contributed by atoms with Gasteiger partial charge in [-0.05, 0) is 0 Å². The van der Waals surface area contributed by atoms with Crippen LogP contribution in [-0.2, 0) is 6.18 Å². The van der Waals surface area contributed by atoms with Crippen LogP contribution in [-0.4, -0.2) is 21.2 Å². The number of aromatic hydroxyl groups is 1. The summed E-state index contributed by atoms with van der Waals surface area (Å²) in [5.41, 5.74) is -5.50. The van der Waals surface area contributed by atoms with E-state index in [-0.39, 0.29) is 6.20 Å². The molecule has 4 nitrogen and oxygen atoms in total. The Morgan fingerprint density at radius 3 is 2.24 bits per heavy atom. The van der Waals surface area contributed by atoms with Gasteiger partial charge >= 0.3 is 12.1 Å². The number of carbonyl (C=O) groups is 1. The van der Waals surface area contributed by atoms with Crippen LogP contribution in [0.15, 0.2) is 6.20 Å². The zero-order valence-electron chi connectivity index (χ0n) is 7.79. The summed E-state index contributed by atoms with van der Waals surface area (Å²) in [6, 6.07) is 0. The molecule has 0 radical (unpaired) electrons. The highest BCUT2D eigenvalue weighted by Gasteiger charge is 2.42. The highest BCUT2D eigenvalue weighted by atomic mass is 19.4. The lowest BCUT2D eigenvalue weighted by molar-refractivity contribution is -0.140. The van der Waals surface area contributed by atoms with Crippen LogP contribution in [0.5, 0.6) is 5.75 Å². The number of aromatic carboxylic acids is 1. The molecule has 1 aromatic heterocycles. The molecule has 2 N–H and O–H groups in total. The topological polar surface area (TPSA) is 70.4 Å². The molecule has 0 atom stereocenters. The molecule has 0 aliphatic carbocycles. The van der Waals surface area contributed by atoms with Crippen molar-refractivity contribution in [1.82, 2.24) is 4.98 Å². The van der Waals surface area contributed by atoms with E-state index < -0.39 is 41.1 Å². The van der Waals surface area contributed by atoms with Gasteiger partial charge in [0.05, 0.1) is 11.8 Å². The van der Waals surface area contributed by atoms with Crippen LogP contribution in [0.25, 0.3) is 0 Å². The number of aromatic nitrogens is 1. The van der Waals surface area contributed by atoms with Gasteiger partial charge in [0, 0.05) is 0 Å². The summed E-state index contributed by atoms with van der Waals surface area (Å²) in [6.07, 6.45) is -8.79. The summed E-state index contributed by atoms with van der Waals surface area (Å²) in [7, 11) is 0. The maximum atomic E-state index is 12.5. The quantitative estimate of drug-likeness (QED) is 0.798. The predicted octanol–water partition coefficient (Wildman–Crippen LogP) is 2.44. The molecular weight excluding hydrogens is 253 g/mol. The van der Waals surface area contributed by atoms with Gasteiger partial charge in [-0.3, -0.25) is 0 Å². The minimum atomic E-state index is -5.36. The van der Waals surface area contributed by atoms with Gasteiger partial charge in [-0.25, -0.2) is 18.6 Å². The van der Waals surface area contributed by atoms with Crippen molar-refractivity contribution in [3.63, 3.8) is 0 Å². The summed E-state index contributed by atoms with van der Waals surface area (Å²) in [6.45, 7) is 0. The molecule has 0 saturated heterocycles. The standard InChI is InChI=1S/C8H4F5NO3/c9-6(10)3-2(15)1-14-5(7(16)17)4(3)8(11,12)13/h1,6,15H,(H,16,17). The molecule has 94 valence electrons. The van der Waals surface area contributed by atoms with Crippen molar-refractivity contribution >= 4 is 5.97 Å². The molecule has 0 aromatic carbocycles. The number of carboxylic acid groups (broad SMARTS) is 1. The van der Waals surface area contributed by atoms with Gasteiger partial charge in [-0.2, -0.15) is 13.2 Å². The SMILES string of the molecule is O=C(O)c1ncc(O)c(C(F)F)c1C(F)(F)F. The van der Waals surface area contributed by atoms with Crippen LogP contribution < -0.4 is 0 Å². The molecule has 0 aliphatic heterocycles. The Labute approximate surface area is 90.3 Å². The number of halogens is 5. The largest absolute Gasteiger partial charge is 0.506 e. The molecular formula is C8H4F5NO3. The van der Waals surface area contributed by atoms with Crippen molar-refractivity contribution in [3.05, 3.63) is 23.0 Å². The lowest BCUT2D eigenvalue weighted by Gasteiger charge is -2.15. The number of carboxylic acids is 1. The Hall–Kier alpha value is -1.93. The van der Waals surface area contributed by atoms with Gasteiger partial charge in [-0.1, -0.05) is 0 Å². The first-order valence-electron chi connectivity index (χ1n) is 3.96. The van der Waals surface area contributed by atoms with Crippen molar-refractivity contribution in [3.8, 4) is 5.75 Å². The second-order valence-corrected chi connectivity index (χ2v) is 2.88. The number of hydrogen-bond acceptors (Lipinski definition) is 3. The van der Waals surface area contributed by atoms with Gasteiger partial charge in [0.15, 0.2) is 5.69 Å². The Morgan fingerprint density at radius 1 is 1.35 bits per heavy atom. The number of nitrogens with zero attached hydrogens (tertiary/aromatic N) is 1. The van der Waals surface area contributed by atoms with Crippen molar-refractivity contribution in [2.75, 3.05) is 0 Å². The molecule has 1 rings (SSSR count). The second-order valence-electron chi connectivity index (χ2n) is 2.88.